The van der Waals surface area contributed by atoms with Crippen molar-refractivity contribution in [3.05, 3.63) is 36.0 Å². The number of carboxylic acid groups (broad SMARTS) is 1. The van der Waals surface area contributed by atoms with Gasteiger partial charge in [0.15, 0.2) is 0 Å². The van der Waals surface area contributed by atoms with E-state index < -0.39 is 70.6 Å². The average Bonchev–Trinajstić information content (AvgIpc) is 3.71. The van der Waals surface area contributed by atoms with Crippen LogP contribution in [-0.2, 0) is 52.2 Å². The molecule has 10 aliphatic heterocycles. The summed E-state index contributed by atoms with van der Waals surface area (Å²) in [6.45, 7) is 24.9. The monoisotopic (exact) mass is 1070 g/mol. The summed E-state index contributed by atoms with van der Waals surface area (Å²) in [5.74, 6) is -0.759. The van der Waals surface area contributed by atoms with Gasteiger partial charge in [0.05, 0.1) is 126 Å². The van der Waals surface area contributed by atoms with Crippen LogP contribution in [0.15, 0.2) is 36.0 Å². The maximum Gasteiger partial charge on any atom is 0.303 e. The summed E-state index contributed by atoms with van der Waals surface area (Å²) in [4.78, 5) is 11.4. The van der Waals surface area contributed by atoms with Gasteiger partial charge in [0.1, 0.15) is 17.8 Å². The van der Waals surface area contributed by atoms with E-state index in [9.17, 15) is 30.3 Å². The summed E-state index contributed by atoms with van der Waals surface area (Å²) in [6.07, 6.45) is 7.40. The van der Waals surface area contributed by atoms with E-state index in [1.807, 2.05) is 20.8 Å². The fraction of sp³-hybridized carbons (Fsp3) is 0.883. The molecule has 5 N–H and O–H groups in total. The van der Waals surface area contributed by atoms with Crippen LogP contribution in [0.2, 0.25) is 0 Å². The van der Waals surface area contributed by atoms with Gasteiger partial charge in [-0.05, 0) is 123 Å². The molecule has 27 atom stereocenters. The predicted octanol–water partition coefficient (Wildman–Crippen LogP) is 7.23. The maximum atomic E-state index is 12.4. The highest BCUT2D eigenvalue weighted by Crippen LogP contribution is 2.54. The number of aliphatic hydroxyl groups is 4. The highest BCUT2D eigenvalue weighted by molar-refractivity contribution is 5.67. The van der Waals surface area contributed by atoms with Gasteiger partial charge in [0, 0.05) is 44.6 Å². The van der Waals surface area contributed by atoms with E-state index >= 15 is 0 Å². The van der Waals surface area contributed by atoms with Crippen LogP contribution < -0.4 is 0 Å². The zero-order valence-corrected chi connectivity index (χ0v) is 47.2. The van der Waals surface area contributed by atoms with Crippen LogP contribution in [0.5, 0.6) is 0 Å². The minimum absolute atomic E-state index is 0.0239. The van der Waals surface area contributed by atoms with Gasteiger partial charge in [-0.1, -0.05) is 58.1 Å². The number of aliphatic hydroxyl groups excluding tert-OH is 3. The van der Waals surface area contributed by atoms with Gasteiger partial charge in [-0.25, -0.2) is 0 Å². The van der Waals surface area contributed by atoms with E-state index in [1.165, 1.54) is 0 Å². The maximum absolute atomic E-state index is 12.4. The summed E-state index contributed by atoms with van der Waals surface area (Å²) in [6, 6.07) is 0. The smallest absolute Gasteiger partial charge is 0.303 e. The molecule has 9 fully saturated rings. The lowest BCUT2D eigenvalue weighted by molar-refractivity contribution is -0.369. The molecule has 9 saturated heterocycles. The zero-order chi connectivity index (χ0) is 54.4. The van der Waals surface area contributed by atoms with Gasteiger partial charge in [-0.15, -0.1) is 0 Å². The molecule has 10 aliphatic rings. The number of hydrogen-bond acceptors (Lipinski definition) is 15. The zero-order valence-electron chi connectivity index (χ0n) is 47.2. The van der Waals surface area contributed by atoms with Crippen LogP contribution in [0.25, 0.3) is 0 Å². The highest BCUT2D eigenvalue weighted by Gasteiger charge is 2.65. The Labute approximate surface area is 451 Å². The molecule has 76 heavy (non-hydrogen) atoms. The molecule has 0 bridgehead atoms. The van der Waals surface area contributed by atoms with Crippen LogP contribution in [0, 0.1) is 23.7 Å². The van der Waals surface area contributed by atoms with Gasteiger partial charge in [-0.3, -0.25) is 4.79 Å². The normalized spacial score (nSPS) is 52.1. The van der Waals surface area contributed by atoms with Crippen LogP contribution >= 0.6 is 0 Å². The van der Waals surface area contributed by atoms with E-state index in [1.54, 1.807) is 6.92 Å². The quantitative estimate of drug-likeness (QED) is 0.129. The molecule has 0 amide bonds. The molecule has 0 radical (unpaired) electrons. The minimum atomic E-state index is -1.20. The molecular formula is C60H94O16. The van der Waals surface area contributed by atoms with Crippen molar-refractivity contribution < 1.29 is 77.7 Å². The topological polar surface area (TPSA) is 211 Å². The molecule has 0 aromatic carbocycles. The van der Waals surface area contributed by atoms with Crippen LogP contribution in [-0.4, -0.2) is 176 Å². The third-order valence-electron chi connectivity index (χ3n) is 20.2. The van der Waals surface area contributed by atoms with E-state index in [4.69, 9.17) is 47.4 Å². The van der Waals surface area contributed by atoms with Crippen molar-refractivity contribution in [2.45, 2.75) is 303 Å². The van der Waals surface area contributed by atoms with Crippen molar-refractivity contribution in [1.29, 1.82) is 0 Å². The van der Waals surface area contributed by atoms with Crippen molar-refractivity contribution in [3.63, 3.8) is 0 Å². The second-order valence-corrected chi connectivity index (χ2v) is 27.0. The fourth-order valence-corrected chi connectivity index (χ4v) is 16.0. The Balaban J connectivity index is 0.794. The van der Waals surface area contributed by atoms with Crippen molar-refractivity contribution >= 4 is 5.97 Å². The summed E-state index contributed by atoms with van der Waals surface area (Å²) in [5.41, 5.74) is -2.18. The van der Waals surface area contributed by atoms with Crippen molar-refractivity contribution in [2.75, 3.05) is 6.61 Å². The molecule has 0 aromatic rings. The lowest BCUT2D eigenvalue weighted by atomic mass is 9.72. The molecule has 0 spiro atoms. The molecular weight excluding hydrogens is 977 g/mol. The molecule has 0 unspecified atom stereocenters. The first-order valence-corrected chi connectivity index (χ1v) is 29.4. The third-order valence-corrected chi connectivity index (χ3v) is 20.2. The lowest BCUT2D eigenvalue weighted by Gasteiger charge is -2.61. The Hall–Kier alpha value is -1.87. The average molecular weight is 1070 g/mol. The number of hydrogen-bond donors (Lipinski definition) is 5. The number of fused-ring (bicyclic) bond motifs is 8. The first kappa shape index (κ1) is 57.4. The SMILES string of the molecule is C=C1C[C@H]2O[C@@H]3[C@@H](C[C@]2(C)O[C@@H]1C/C(C)=C/[C@@H](C)CO)O[C@H]1C[C@H]2O[C@H]4CC[C@H]5O[C@H]6C[C@H]7O[C@@H](C[C@H](O)C[C@@H]8C[C@H](C)[C@H]([C@@H](C)CC(=O)O)O8)[C@@](C)(O)CC[C@@H]7O[C@]6(C)C[C@]5(C)O[C@@H]4C/C=C\[C@H](C)[C@@H]2O[C@]1(C)[C@H]3O. The standard InChI is InChI=1S/C60H94O16/c1-31(19-32(2)29-61)20-42-34(4)22-48-57(8,75-42)28-45-54(72-48)55(65)60(11)50(70-45)27-44-53(76-60)33(3)13-12-14-40-39(68-44)15-16-46-58(9,73-40)30-59(10)49(71-46)26-43-41(74-59)17-18-56(7,66)47(69-43)25-37(62)24-38-21-35(5)52(67-38)36(6)23-51(63)64/h12-13,19,32-33,35-50,52-55,61-62,65-66H,4,14-18,20-30H2,1-3,5-11H3,(H,63,64)/b13-12-,31-19+/t32-,33+,35+,36+,37-,38+,39+,40-,41+,42-,43-,44-,45-,46-,47+,48-,49+,50+,52-,53+,54-,55+,56+,57+,58+,59-,60+/m1/s1. The molecule has 0 saturated carbocycles. The van der Waals surface area contributed by atoms with E-state index in [2.05, 4.69) is 66.3 Å². The van der Waals surface area contributed by atoms with Gasteiger partial charge in [0.25, 0.3) is 0 Å². The van der Waals surface area contributed by atoms with Crippen molar-refractivity contribution in [2.24, 2.45) is 23.7 Å². The van der Waals surface area contributed by atoms with Crippen molar-refractivity contribution in [3.8, 4) is 0 Å². The second kappa shape index (κ2) is 21.8. The largest absolute Gasteiger partial charge is 0.481 e. The lowest BCUT2D eigenvalue weighted by Crippen LogP contribution is -2.74. The highest BCUT2D eigenvalue weighted by atomic mass is 16.6. The van der Waals surface area contributed by atoms with Crippen LogP contribution in [0.1, 0.15) is 166 Å². The number of ether oxygens (including phenoxy) is 10. The molecule has 430 valence electrons. The van der Waals surface area contributed by atoms with Gasteiger partial charge in [-0.2, -0.15) is 0 Å². The number of carbonyl (C=O) groups is 1. The minimum Gasteiger partial charge on any atom is -0.481 e. The molecule has 0 aromatic heterocycles. The first-order chi connectivity index (χ1) is 35.8. The van der Waals surface area contributed by atoms with Crippen LogP contribution in [0.4, 0.5) is 0 Å². The number of aliphatic carboxylic acids is 1. The van der Waals surface area contributed by atoms with Crippen molar-refractivity contribution in [1.82, 2.24) is 0 Å². The third kappa shape index (κ3) is 11.2. The Bertz CT molecular complexity index is 2150. The second-order valence-electron chi connectivity index (χ2n) is 27.0. The summed E-state index contributed by atoms with van der Waals surface area (Å²) in [7, 11) is 0. The fourth-order valence-electron chi connectivity index (χ4n) is 16.0. The van der Waals surface area contributed by atoms with Gasteiger partial charge in [0.2, 0.25) is 0 Å². The molecule has 10 heterocycles. The number of carboxylic acids is 1. The summed E-state index contributed by atoms with van der Waals surface area (Å²) in [5, 5.41) is 54.8. The van der Waals surface area contributed by atoms with Gasteiger partial charge < -0.3 is 72.9 Å². The van der Waals surface area contributed by atoms with E-state index in [0.717, 1.165) is 17.6 Å². The Morgan fingerprint density at radius 2 is 1.53 bits per heavy atom. The summed E-state index contributed by atoms with van der Waals surface area (Å²) < 4.78 is 70.0. The Kier molecular flexibility index (Phi) is 16.5. The van der Waals surface area contributed by atoms with E-state index in [0.29, 0.717) is 77.0 Å². The molecule has 16 heteroatoms. The first-order valence-electron chi connectivity index (χ1n) is 29.4. The van der Waals surface area contributed by atoms with Crippen LogP contribution in [0.3, 0.4) is 0 Å². The van der Waals surface area contributed by atoms with E-state index in [-0.39, 0.29) is 116 Å². The predicted molar refractivity (Wildman–Crippen MR) is 280 cm³/mol. The van der Waals surface area contributed by atoms with Gasteiger partial charge >= 0.3 is 5.97 Å². The molecule has 16 nitrogen and oxygen atoms in total. The summed E-state index contributed by atoms with van der Waals surface area (Å²) >= 11 is 0. The Morgan fingerprint density at radius 3 is 2.28 bits per heavy atom. The molecule has 0 aliphatic carbocycles. The molecule has 10 rings (SSSR count). The Morgan fingerprint density at radius 1 is 0.789 bits per heavy atom. The number of rotatable bonds is 11.